The molecule has 13 heavy (non-hydrogen) atoms. The Hall–Kier alpha value is -0.380. The van der Waals surface area contributed by atoms with Crippen molar-refractivity contribution in [2.24, 2.45) is 0 Å². The van der Waals surface area contributed by atoms with Gasteiger partial charge in [0.2, 0.25) is 0 Å². The molecular formula is C9H18N2OS. The molecule has 0 heterocycles. The third-order valence-electron chi connectivity index (χ3n) is 2.35. The molecule has 3 nitrogen and oxygen atoms in total. The van der Waals surface area contributed by atoms with Gasteiger partial charge in [-0.25, -0.2) is 4.79 Å². The van der Waals surface area contributed by atoms with Gasteiger partial charge in [0.1, 0.15) is 0 Å². The minimum Gasteiger partial charge on any atom is -0.341 e. The second-order valence-electron chi connectivity index (χ2n) is 3.31. The molecule has 1 rings (SSSR count). The predicted octanol–water partition coefficient (Wildman–Crippen LogP) is 1.59. The van der Waals surface area contributed by atoms with E-state index in [-0.39, 0.29) is 6.03 Å². The Labute approximate surface area is 84.0 Å². The van der Waals surface area contributed by atoms with Gasteiger partial charge in [-0.1, -0.05) is 6.92 Å². The maximum atomic E-state index is 11.0. The summed E-state index contributed by atoms with van der Waals surface area (Å²) in [4.78, 5) is 11.0. The Kier molecular flexibility index (Phi) is 4.42. The van der Waals surface area contributed by atoms with E-state index < -0.39 is 0 Å². The van der Waals surface area contributed by atoms with Gasteiger partial charge in [-0.05, 0) is 25.0 Å². The summed E-state index contributed by atoms with van der Waals surface area (Å²) in [7, 11) is 1.66. The summed E-state index contributed by atoms with van der Waals surface area (Å²) in [6.07, 6.45) is 3.50. The molecule has 2 N–H and O–H groups in total. The molecule has 1 saturated carbocycles. The smallest absolute Gasteiger partial charge is 0.314 e. The summed E-state index contributed by atoms with van der Waals surface area (Å²) in [6.45, 7) is 2.18. The Morgan fingerprint density at radius 2 is 2.31 bits per heavy atom. The van der Waals surface area contributed by atoms with Crippen LogP contribution in [0.3, 0.4) is 0 Å². The molecule has 0 spiro atoms. The van der Waals surface area contributed by atoms with E-state index in [0.29, 0.717) is 6.04 Å². The van der Waals surface area contributed by atoms with Crippen molar-refractivity contribution in [3.63, 3.8) is 0 Å². The molecule has 0 aromatic rings. The molecule has 0 aromatic carbocycles. The van der Waals surface area contributed by atoms with Crippen LogP contribution in [0.15, 0.2) is 0 Å². The predicted molar refractivity (Wildman–Crippen MR) is 57.2 cm³/mol. The van der Waals surface area contributed by atoms with Crippen LogP contribution in [0, 0.1) is 0 Å². The molecule has 4 heteroatoms. The third-order valence-corrected chi connectivity index (χ3v) is 3.58. The lowest BCUT2D eigenvalue weighted by Crippen LogP contribution is -2.39. The molecule has 2 atom stereocenters. The topological polar surface area (TPSA) is 41.1 Å². The quantitative estimate of drug-likeness (QED) is 0.729. The molecule has 0 aliphatic heterocycles. The maximum Gasteiger partial charge on any atom is 0.314 e. The van der Waals surface area contributed by atoms with Crippen molar-refractivity contribution in [2.45, 2.75) is 37.5 Å². The van der Waals surface area contributed by atoms with E-state index >= 15 is 0 Å². The fourth-order valence-corrected chi connectivity index (χ4v) is 2.86. The highest BCUT2D eigenvalue weighted by molar-refractivity contribution is 7.99. The molecule has 1 fully saturated rings. The van der Waals surface area contributed by atoms with Crippen LogP contribution in [-0.2, 0) is 0 Å². The fraction of sp³-hybridized carbons (Fsp3) is 0.889. The summed E-state index contributed by atoms with van der Waals surface area (Å²) in [5.41, 5.74) is 0. The number of hydrogen-bond donors (Lipinski definition) is 2. The second-order valence-corrected chi connectivity index (χ2v) is 4.89. The second kappa shape index (κ2) is 5.37. The van der Waals surface area contributed by atoms with Gasteiger partial charge in [-0.2, -0.15) is 11.8 Å². The van der Waals surface area contributed by atoms with Crippen molar-refractivity contribution >= 4 is 17.8 Å². The molecule has 0 radical (unpaired) electrons. The van der Waals surface area contributed by atoms with Gasteiger partial charge >= 0.3 is 6.03 Å². The number of thioether (sulfide) groups is 1. The van der Waals surface area contributed by atoms with Crippen LogP contribution in [-0.4, -0.2) is 30.1 Å². The van der Waals surface area contributed by atoms with Crippen LogP contribution in [0.1, 0.15) is 26.2 Å². The summed E-state index contributed by atoms with van der Waals surface area (Å²) in [5, 5.41) is 6.29. The zero-order chi connectivity index (χ0) is 9.68. The van der Waals surface area contributed by atoms with Gasteiger partial charge in [-0.15, -0.1) is 0 Å². The number of hydrogen-bond acceptors (Lipinski definition) is 2. The van der Waals surface area contributed by atoms with Crippen LogP contribution in [0.5, 0.6) is 0 Å². The van der Waals surface area contributed by atoms with E-state index in [1.54, 1.807) is 7.05 Å². The summed E-state index contributed by atoms with van der Waals surface area (Å²) >= 11 is 2.01. The van der Waals surface area contributed by atoms with Gasteiger partial charge in [0.05, 0.1) is 0 Å². The van der Waals surface area contributed by atoms with Gasteiger partial charge in [-0.3, -0.25) is 0 Å². The number of amides is 2. The highest BCUT2D eigenvalue weighted by Gasteiger charge is 2.25. The van der Waals surface area contributed by atoms with Crippen LogP contribution < -0.4 is 10.6 Å². The molecule has 1 aliphatic rings. The van der Waals surface area contributed by atoms with Crippen LogP contribution in [0.25, 0.3) is 0 Å². The normalized spacial score (nSPS) is 27.2. The van der Waals surface area contributed by atoms with Crippen molar-refractivity contribution in [3.8, 4) is 0 Å². The SMILES string of the molecule is CCSC1CCC(NC(=O)NC)C1. The average Bonchev–Trinajstić information content (AvgIpc) is 2.53. The lowest BCUT2D eigenvalue weighted by molar-refractivity contribution is 0.239. The first-order chi connectivity index (χ1) is 6.26. The van der Waals surface area contributed by atoms with E-state index in [9.17, 15) is 4.79 Å². The first-order valence-electron chi connectivity index (χ1n) is 4.86. The molecule has 0 aromatic heterocycles. The van der Waals surface area contributed by atoms with Crippen molar-refractivity contribution in [2.75, 3.05) is 12.8 Å². The number of nitrogens with one attached hydrogen (secondary N) is 2. The third kappa shape index (κ3) is 3.46. The minimum atomic E-state index is -0.0489. The highest BCUT2D eigenvalue weighted by Crippen LogP contribution is 2.29. The first-order valence-corrected chi connectivity index (χ1v) is 5.91. The lowest BCUT2D eigenvalue weighted by atomic mass is 10.2. The Balaban J connectivity index is 2.20. The van der Waals surface area contributed by atoms with Crippen molar-refractivity contribution in [3.05, 3.63) is 0 Å². The van der Waals surface area contributed by atoms with Gasteiger partial charge in [0.15, 0.2) is 0 Å². The summed E-state index contributed by atoms with van der Waals surface area (Å²) in [6, 6.07) is 0.344. The number of carbonyl (C=O) groups is 1. The monoisotopic (exact) mass is 202 g/mol. The number of carbonyl (C=O) groups excluding carboxylic acids is 1. The van der Waals surface area contributed by atoms with E-state index in [1.807, 2.05) is 11.8 Å². The van der Waals surface area contributed by atoms with Crippen LogP contribution in [0.2, 0.25) is 0 Å². The minimum absolute atomic E-state index is 0.0489. The van der Waals surface area contributed by atoms with Gasteiger partial charge in [0.25, 0.3) is 0 Å². The molecular weight excluding hydrogens is 184 g/mol. The molecule has 0 bridgehead atoms. The van der Waals surface area contributed by atoms with Crippen molar-refractivity contribution < 1.29 is 4.79 Å². The fourth-order valence-electron chi connectivity index (χ4n) is 1.72. The first kappa shape index (κ1) is 10.7. The Bertz CT molecular complexity index is 175. The number of rotatable bonds is 3. The largest absolute Gasteiger partial charge is 0.341 e. The average molecular weight is 202 g/mol. The van der Waals surface area contributed by atoms with E-state index in [1.165, 1.54) is 12.2 Å². The van der Waals surface area contributed by atoms with Crippen molar-refractivity contribution in [1.29, 1.82) is 0 Å². The van der Waals surface area contributed by atoms with Crippen molar-refractivity contribution in [1.82, 2.24) is 10.6 Å². The molecule has 2 amide bonds. The number of urea groups is 1. The van der Waals surface area contributed by atoms with Gasteiger partial charge < -0.3 is 10.6 Å². The Morgan fingerprint density at radius 1 is 1.54 bits per heavy atom. The Morgan fingerprint density at radius 3 is 2.92 bits per heavy atom. The zero-order valence-electron chi connectivity index (χ0n) is 8.30. The van der Waals surface area contributed by atoms with Crippen LogP contribution in [0.4, 0.5) is 4.79 Å². The lowest BCUT2D eigenvalue weighted by Gasteiger charge is -2.12. The van der Waals surface area contributed by atoms with E-state index in [4.69, 9.17) is 0 Å². The van der Waals surface area contributed by atoms with Gasteiger partial charge in [0, 0.05) is 18.3 Å². The zero-order valence-corrected chi connectivity index (χ0v) is 9.12. The van der Waals surface area contributed by atoms with Crippen LogP contribution >= 0.6 is 11.8 Å². The standard InChI is InChI=1S/C9H18N2OS/c1-3-13-8-5-4-7(6-8)11-9(12)10-2/h7-8H,3-6H2,1-2H3,(H2,10,11,12). The highest BCUT2D eigenvalue weighted by atomic mass is 32.2. The molecule has 2 unspecified atom stereocenters. The summed E-state index contributed by atoms with van der Waals surface area (Å²) < 4.78 is 0. The van der Waals surface area contributed by atoms with E-state index in [2.05, 4.69) is 17.6 Å². The molecule has 1 aliphatic carbocycles. The molecule has 76 valence electrons. The maximum absolute atomic E-state index is 11.0. The molecule has 0 saturated heterocycles. The van der Waals surface area contributed by atoms with E-state index in [0.717, 1.165) is 18.1 Å². The summed E-state index contributed by atoms with van der Waals surface area (Å²) in [5.74, 6) is 1.18.